The molecule has 0 saturated heterocycles. The fourth-order valence-corrected chi connectivity index (χ4v) is 8.75. The van der Waals surface area contributed by atoms with Crippen molar-refractivity contribution in [3.05, 3.63) is 12.2 Å². The third-order valence-electron chi connectivity index (χ3n) is 13.1. The molecule has 62 heavy (non-hydrogen) atoms. The maximum atomic E-state index is 12.5. The molecule has 0 aromatic heterocycles. The molecule has 3 N–H and O–H groups in total. The fraction of sp³-hybridized carbons (Fsp3) is 0.929. The first-order chi connectivity index (χ1) is 30.5. The van der Waals surface area contributed by atoms with Gasteiger partial charge in [-0.2, -0.15) is 0 Å². The topological polar surface area (TPSA) is 95.9 Å². The van der Waals surface area contributed by atoms with Gasteiger partial charge in [0, 0.05) is 12.8 Å². The molecule has 0 bridgehead atoms. The molecule has 0 aliphatic rings. The second-order valence-corrected chi connectivity index (χ2v) is 19.3. The van der Waals surface area contributed by atoms with E-state index in [1.54, 1.807) is 0 Å². The largest absolute Gasteiger partial charge is 0.466 e. The summed E-state index contributed by atoms with van der Waals surface area (Å²) in [5.74, 6) is -0.0582. The Morgan fingerprint density at radius 3 is 1.15 bits per heavy atom. The Balaban J connectivity index is 3.44. The third kappa shape index (κ3) is 48.1. The number of ether oxygens (including phenoxy) is 1. The zero-order valence-electron chi connectivity index (χ0n) is 41.9. The summed E-state index contributed by atoms with van der Waals surface area (Å²) in [6.45, 7) is 4.93. The van der Waals surface area contributed by atoms with Gasteiger partial charge in [0.2, 0.25) is 5.91 Å². The van der Waals surface area contributed by atoms with E-state index in [0.29, 0.717) is 25.9 Å². The number of esters is 1. The van der Waals surface area contributed by atoms with Crippen LogP contribution in [0.5, 0.6) is 0 Å². The molecule has 0 aliphatic carbocycles. The van der Waals surface area contributed by atoms with E-state index in [4.69, 9.17) is 4.74 Å². The first-order valence-corrected chi connectivity index (χ1v) is 27.9. The van der Waals surface area contributed by atoms with Crippen molar-refractivity contribution in [2.75, 3.05) is 13.2 Å². The number of allylic oxidation sites excluding steroid dienone is 2. The Kier molecular flexibility index (Phi) is 51.0. The average molecular weight is 876 g/mol. The number of unbranched alkanes of at least 4 members (excludes halogenated alkanes) is 39. The first-order valence-electron chi connectivity index (χ1n) is 27.9. The highest BCUT2D eigenvalue weighted by Crippen LogP contribution is 2.17. The van der Waals surface area contributed by atoms with E-state index in [9.17, 15) is 19.8 Å². The van der Waals surface area contributed by atoms with Gasteiger partial charge in [-0.15, -0.1) is 0 Å². The summed E-state index contributed by atoms with van der Waals surface area (Å²) in [6, 6.07) is -0.551. The molecule has 2 atom stereocenters. The van der Waals surface area contributed by atoms with Gasteiger partial charge in [-0.3, -0.25) is 9.59 Å². The summed E-state index contributed by atoms with van der Waals surface area (Å²) in [5.41, 5.74) is 0. The number of amides is 1. The van der Waals surface area contributed by atoms with Crippen LogP contribution >= 0.6 is 0 Å². The monoisotopic (exact) mass is 876 g/mol. The zero-order chi connectivity index (χ0) is 45.1. The summed E-state index contributed by atoms with van der Waals surface area (Å²) in [4.78, 5) is 24.5. The Morgan fingerprint density at radius 2 is 0.758 bits per heavy atom. The second kappa shape index (κ2) is 52.2. The average Bonchev–Trinajstić information content (AvgIpc) is 3.27. The molecule has 0 aromatic carbocycles. The van der Waals surface area contributed by atoms with Gasteiger partial charge in [0.1, 0.15) is 0 Å². The molecule has 0 aromatic rings. The van der Waals surface area contributed by atoms with E-state index in [1.807, 2.05) is 0 Å². The Labute approximate surface area is 387 Å². The van der Waals surface area contributed by atoms with Crippen molar-refractivity contribution in [2.24, 2.45) is 0 Å². The predicted molar refractivity (Wildman–Crippen MR) is 269 cm³/mol. The van der Waals surface area contributed by atoms with Gasteiger partial charge in [0.15, 0.2) is 0 Å². The lowest BCUT2D eigenvalue weighted by Crippen LogP contribution is -2.45. The van der Waals surface area contributed by atoms with Crippen LogP contribution in [0.3, 0.4) is 0 Å². The highest BCUT2D eigenvalue weighted by molar-refractivity contribution is 5.76. The summed E-state index contributed by atoms with van der Waals surface area (Å²) in [7, 11) is 0. The van der Waals surface area contributed by atoms with E-state index in [-0.39, 0.29) is 18.5 Å². The van der Waals surface area contributed by atoms with Crippen LogP contribution in [0.25, 0.3) is 0 Å². The van der Waals surface area contributed by atoms with Crippen LogP contribution in [0, 0.1) is 0 Å². The van der Waals surface area contributed by atoms with Crippen LogP contribution in [0.1, 0.15) is 309 Å². The van der Waals surface area contributed by atoms with Crippen molar-refractivity contribution in [1.29, 1.82) is 0 Å². The zero-order valence-corrected chi connectivity index (χ0v) is 41.9. The smallest absolute Gasteiger partial charge is 0.305 e. The fourth-order valence-electron chi connectivity index (χ4n) is 8.75. The highest BCUT2D eigenvalue weighted by Gasteiger charge is 2.20. The van der Waals surface area contributed by atoms with E-state index in [0.717, 1.165) is 51.4 Å². The number of aliphatic hydroxyl groups is 2. The predicted octanol–water partition coefficient (Wildman–Crippen LogP) is 16.9. The van der Waals surface area contributed by atoms with E-state index >= 15 is 0 Å². The molecule has 1 amide bonds. The maximum absolute atomic E-state index is 12.5. The molecule has 368 valence electrons. The van der Waals surface area contributed by atoms with Crippen LogP contribution < -0.4 is 5.32 Å². The van der Waals surface area contributed by atoms with Gasteiger partial charge in [-0.05, 0) is 51.4 Å². The third-order valence-corrected chi connectivity index (χ3v) is 13.1. The van der Waals surface area contributed by atoms with E-state index < -0.39 is 12.1 Å². The van der Waals surface area contributed by atoms with Crippen molar-refractivity contribution in [2.45, 2.75) is 321 Å². The SMILES string of the molecule is CCCCCCCCC/C=C\CCCCCCCC(=O)OCCCCCCCCCCCCCCCC(=O)NC(CO)C(O)CCCCCCCCCCCCCCCCCC. The molecule has 0 spiro atoms. The van der Waals surface area contributed by atoms with Gasteiger partial charge in [-0.25, -0.2) is 0 Å². The number of hydrogen-bond acceptors (Lipinski definition) is 5. The second-order valence-electron chi connectivity index (χ2n) is 19.3. The van der Waals surface area contributed by atoms with Gasteiger partial charge in [-0.1, -0.05) is 257 Å². The minimum atomic E-state index is -0.672. The molecule has 2 unspecified atom stereocenters. The van der Waals surface area contributed by atoms with Crippen LogP contribution in [0.2, 0.25) is 0 Å². The molecule has 6 nitrogen and oxygen atoms in total. The lowest BCUT2D eigenvalue weighted by molar-refractivity contribution is -0.143. The van der Waals surface area contributed by atoms with Gasteiger partial charge in [0.25, 0.3) is 0 Å². The molecule has 0 saturated carbocycles. The maximum Gasteiger partial charge on any atom is 0.305 e. The lowest BCUT2D eigenvalue weighted by atomic mass is 10.0. The van der Waals surface area contributed by atoms with Crippen LogP contribution in [-0.4, -0.2) is 47.4 Å². The minimum absolute atomic E-state index is 0.0121. The minimum Gasteiger partial charge on any atom is -0.466 e. The Bertz CT molecular complexity index is 924. The standard InChI is InChI=1S/C56H109NO5/c1-3-5-7-9-11-13-15-17-19-21-24-28-32-36-40-44-48-54(59)53(52-58)57-55(60)49-45-41-37-33-29-25-23-27-31-35-39-43-47-51-62-56(61)50-46-42-38-34-30-26-22-20-18-16-14-12-10-8-6-4-2/h20,22,53-54,58-59H,3-19,21,23-52H2,1-2H3,(H,57,60)/b22-20-. The van der Waals surface area contributed by atoms with Crippen molar-refractivity contribution >= 4 is 11.9 Å². The van der Waals surface area contributed by atoms with Crippen LogP contribution in [-0.2, 0) is 14.3 Å². The molecule has 0 radical (unpaired) electrons. The summed E-state index contributed by atoms with van der Waals surface area (Å²) in [5, 5.41) is 23.3. The van der Waals surface area contributed by atoms with Crippen molar-refractivity contribution in [1.82, 2.24) is 5.32 Å². The summed E-state index contributed by atoms with van der Waals surface area (Å²) < 4.78 is 5.47. The number of hydrogen-bond donors (Lipinski definition) is 3. The first kappa shape index (κ1) is 60.6. The van der Waals surface area contributed by atoms with Crippen molar-refractivity contribution in [3.8, 4) is 0 Å². The molecule has 6 heteroatoms. The number of nitrogens with one attached hydrogen (secondary N) is 1. The number of carbonyl (C=O) groups is 2. The number of aliphatic hydroxyl groups excluding tert-OH is 2. The molecule has 0 fully saturated rings. The Morgan fingerprint density at radius 1 is 0.435 bits per heavy atom. The molecular weight excluding hydrogens is 767 g/mol. The van der Waals surface area contributed by atoms with E-state index in [1.165, 1.54) is 225 Å². The van der Waals surface area contributed by atoms with Crippen molar-refractivity contribution in [3.63, 3.8) is 0 Å². The van der Waals surface area contributed by atoms with Gasteiger partial charge < -0.3 is 20.3 Å². The van der Waals surface area contributed by atoms with Gasteiger partial charge in [0.05, 0.1) is 25.4 Å². The molecule has 0 aliphatic heterocycles. The van der Waals surface area contributed by atoms with E-state index in [2.05, 4.69) is 31.3 Å². The number of rotatable bonds is 52. The van der Waals surface area contributed by atoms with Crippen LogP contribution in [0.15, 0.2) is 12.2 Å². The molecular formula is C56H109NO5. The number of carbonyl (C=O) groups excluding carboxylic acids is 2. The summed E-state index contributed by atoms with van der Waals surface area (Å²) >= 11 is 0. The molecule has 0 rings (SSSR count). The quantitative estimate of drug-likeness (QED) is 0.0321. The van der Waals surface area contributed by atoms with Crippen molar-refractivity contribution < 1.29 is 24.5 Å². The Hall–Kier alpha value is -1.40. The normalized spacial score (nSPS) is 12.6. The van der Waals surface area contributed by atoms with Gasteiger partial charge >= 0.3 is 5.97 Å². The van der Waals surface area contributed by atoms with Crippen LogP contribution in [0.4, 0.5) is 0 Å². The molecule has 0 heterocycles. The lowest BCUT2D eigenvalue weighted by Gasteiger charge is -2.22. The summed E-state index contributed by atoms with van der Waals surface area (Å²) in [6.07, 6.45) is 60.4. The highest BCUT2D eigenvalue weighted by atomic mass is 16.5.